The van der Waals surface area contributed by atoms with Gasteiger partial charge in [-0.15, -0.1) is 0 Å². The van der Waals surface area contributed by atoms with Gasteiger partial charge in [-0.2, -0.15) is 5.26 Å². The summed E-state index contributed by atoms with van der Waals surface area (Å²) in [6.07, 6.45) is 3.82. The third-order valence-electron chi connectivity index (χ3n) is 3.85. The van der Waals surface area contributed by atoms with E-state index in [0.717, 1.165) is 29.1 Å². The molecular formula is C19H17BrN4. The fourth-order valence-electron chi connectivity index (χ4n) is 2.53. The minimum absolute atomic E-state index is 0.644. The standard InChI is InChI=1S/C19H17BrN4/c1-14-22-7-8-24(14)13-17-4-2-3-16(9-17)12-23-19-6-5-15(11-21)10-18(19)20/h2-10,23H,12-13H2,1H3. The quantitative estimate of drug-likeness (QED) is 0.709. The number of halogens is 1. The number of aryl methyl sites for hydroxylation is 1. The first-order valence-electron chi connectivity index (χ1n) is 7.65. The minimum atomic E-state index is 0.644. The fourth-order valence-corrected chi connectivity index (χ4v) is 3.05. The molecule has 0 saturated heterocycles. The van der Waals surface area contributed by atoms with Gasteiger partial charge in [-0.3, -0.25) is 0 Å². The highest BCUT2D eigenvalue weighted by molar-refractivity contribution is 9.10. The molecule has 0 bridgehead atoms. The highest BCUT2D eigenvalue weighted by Gasteiger charge is 2.03. The van der Waals surface area contributed by atoms with E-state index in [1.807, 2.05) is 37.5 Å². The number of benzene rings is 2. The first-order chi connectivity index (χ1) is 11.7. The molecule has 1 heterocycles. The van der Waals surface area contributed by atoms with Crippen LogP contribution in [-0.2, 0) is 13.1 Å². The van der Waals surface area contributed by atoms with Crippen molar-refractivity contribution in [2.24, 2.45) is 0 Å². The summed E-state index contributed by atoms with van der Waals surface area (Å²) in [5, 5.41) is 12.3. The van der Waals surface area contributed by atoms with Gasteiger partial charge in [0, 0.05) is 35.6 Å². The van der Waals surface area contributed by atoms with Crippen LogP contribution in [0.5, 0.6) is 0 Å². The van der Waals surface area contributed by atoms with E-state index in [0.29, 0.717) is 5.56 Å². The maximum atomic E-state index is 8.92. The van der Waals surface area contributed by atoms with Gasteiger partial charge in [0.1, 0.15) is 5.82 Å². The number of nitrogens with one attached hydrogen (secondary N) is 1. The summed E-state index contributed by atoms with van der Waals surface area (Å²) in [5.41, 5.74) is 4.07. The van der Waals surface area contributed by atoms with E-state index in [2.05, 4.69) is 61.1 Å². The number of rotatable bonds is 5. The van der Waals surface area contributed by atoms with E-state index in [1.165, 1.54) is 11.1 Å². The van der Waals surface area contributed by atoms with Gasteiger partial charge < -0.3 is 9.88 Å². The molecule has 3 rings (SSSR count). The van der Waals surface area contributed by atoms with Crippen molar-refractivity contribution in [3.05, 3.63) is 81.8 Å². The Balaban J connectivity index is 1.69. The topological polar surface area (TPSA) is 53.6 Å². The van der Waals surface area contributed by atoms with Crippen molar-refractivity contribution in [2.45, 2.75) is 20.0 Å². The molecule has 0 aliphatic carbocycles. The van der Waals surface area contributed by atoms with Crippen LogP contribution in [0.1, 0.15) is 22.5 Å². The largest absolute Gasteiger partial charge is 0.380 e. The Morgan fingerprint density at radius 1 is 1.21 bits per heavy atom. The van der Waals surface area contributed by atoms with E-state index in [-0.39, 0.29) is 0 Å². The van der Waals surface area contributed by atoms with Crippen LogP contribution in [0.15, 0.2) is 59.3 Å². The summed E-state index contributed by atoms with van der Waals surface area (Å²) in [6, 6.07) is 16.2. The fraction of sp³-hybridized carbons (Fsp3) is 0.158. The van der Waals surface area contributed by atoms with E-state index < -0.39 is 0 Å². The van der Waals surface area contributed by atoms with E-state index >= 15 is 0 Å². The van der Waals surface area contributed by atoms with Gasteiger partial charge in [0.25, 0.3) is 0 Å². The average Bonchev–Trinajstić information content (AvgIpc) is 2.99. The van der Waals surface area contributed by atoms with Gasteiger partial charge in [0.15, 0.2) is 0 Å². The van der Waals surface area contributed by atoms with Crippen molar-refractivity contribution in [1.29, 1.82) is 5.26 Å². The molecule has 0 aliphatic rings. The highest BCUT2D eigenvalue weighted by Crippen LogP contribution is 2.24. The average molecular weight is 381 g/mol. The maximum Gasteiger partial charge on any atom is 0.105 e. The van der Waals surface area contributed by atoms with Gasteiger partial charge in [0.2, 0.25) is 0 Å². The summed E-state index contributed by atoms with van der Waals surface area (Å²) >= 11 is 3.50. The van der Waals surface area contributed by atoms with Crippen molar-refractivity contribution in [3.8, 4) is 6.07 Å². The molecule has 4 nitrogen and oxygen atoms in total. The zero-order valence-electron chi connectivity index (χ0n) is 13.3. The minimum Gasteiger partial charge on any atom is -0.380 e. The number of nitrogens with zero attached hydrogens (tertiary/aromatic N) is 3. The van der Waals surface area contributed by atoms with Crippen molar-refractivity contribution < 1.29 is 0 Å². The molecule has 0 unspecified atom stereocenters. The molecule has 0 spiro atoms. The van der Waals surface area contributed by atoms with Crippen molar-refractivity contribution in [2.75, 3.05) is 5.32 Å². The third kappa shape index (κ3) is 3.84. The Bertz CT molecular complexity index is 892. The third-order valence-corrected chi connectivity index (χ3v) is 4.51. The van der Waals surface area contributed by atoms with Crippen LogP contribution in [-0.4, -0.2) is 9.55 Å². The van der Waals surface area contributed by atoms with E-state index in [1.54, 1.807) is 0 Å². The van der Waals surface area contributed by atoms with Crippen LogP contribution in [0.2, 0.25) is 0 Å². The lowest BCUT2D eigenvalue weighted by Gasteiger charge is -2.11. The SMILES string of the molecule is Cc1nccn1Cc1cccc(CNc2ccc(C#N)cc2Br)c1. The van der Waals surface area contributed by atoms with Crippen LogP contribution in [0.4, 0.5) is 5.69 Å². The molecule has 0 radical (unpaired) electrons. The normalized spacial score (nSPS) is 10.4. The van der Waals surface area contributed by atoms with Crippen molar-refractivity contribution in [1.82, 2.24) is 9.55 Å². The smallest absolute Gasteiger partial charge is 0.105 e. The van der Waals surface area contributed by atoms with Gasteiger partial charge in [-0.1, -0.05) is 24.3 Å². The number of imidazole rings is 1. The molecule has 3 aromatic rings. The van der Waals surface area contributed by atoms with Gasteiger partial charge in [-0.05, 0) is 52.2 Å². The summed E-state index contributed by atoms with van der Waals surface area (Å²) < 4.78 is 3.02. The second-order valence-corrected chi connectivity index (χ2v) is 6.44. The zero-order valence-corrected chi connectivity index (χ0v) is 14.9. The van der Waals surface area contributed by atoms with Gasteiger partial charge >= 0.3 is 0 Å². The van der Waals surface area contributed by atoms with Crippen molar-refractivity contribution >= 4 is 21.6 Å². The Morgan fingerprint density at radius 3 is 2.75 bits per heavy atom. The molecule has 0 amide bonds. The van der Waals surface area contributed by atoms with Crippen LogP contribution >= 0.6 is 15.9 Å². The molecule has 0 saturated carbocycles. The molecule has 1 N–H and O–H groups in total. The highest BCUT2D eigenvalue weighted by atomic mass is 79.9. The van der Waals surface area contributed by atoms with Gasteiger partial charge in [-0.25, -0.2) is 4.98 Å². The second-order valence-electron chi connectivity index (χ2n) is 5.58. The van der Waals surface area contributed by atoms with Crippen LogP contribution in [0, 0.1) is 18.3 Å². The molecule has 24 heavy (non-hydrogen) atoms. The molecule has 1 aromatic heterocycles. The predicted molar refractivity (Wildman–Crippen MR) is 98.7 cm³/mol. The monoisotopic (exact) mass is 380 g/mol. The second kappa shape index (κ2) is 7.33. The molecule has 5 heteroatoms. The molecule has 0 fully saturated rings. The van der Waals surface area contributed by atoms with E-state index in [4.69, 9.17) is 5.26 Å². The summed E-state index contributed by atoms with van der Waals surface area (Å²) in [4.78, 5) is 4.26. The summed E-state index contributed by atoms with van der Waals surface area (Å²) in [6.45, 7) is 3.55. The lowest BCUT2D eigenvalue weighted by molar-refractivity contribution is 0.760. The van der Waals surface area contributed by atoms with Gasteiger partial charge in [0.05, 0.1) is 11.6 Å². The summed E-state index contributed by atoms with van der Waals surface area (Å²) in [7, 11) is 0. The maximum absolute atomic E-state index is 8.92. The Kier molecular flexibility index (Phi) is 4.97. The first kappa shape index (κ1) is 16.3. The van der Waals surface area contributed by atoms with E-state index in [9.17, 15) is 0 Å². The Hall–Kier alpha value is -2.58. The molecular weight excluding hydrogens is 364 g/mol. The van der Waals surface area contributed by atoms with Crippen LogP contribution in [0.3, 0.4) is 0 Å². The predicted octanol–water partition coefficient (Wildman–Crippen LogP) is 4.49. The number of aromatic nitrogens is 2. The first-order valence-corrected chi connectivity index (χ1v) is 8.44. The van der Waals surface area contributed by atoms with Crippen molar-refractivity contribution in [3.63, 3.8) is 0 Å². The number of hydrogen-bond acceptors (Lipinski definition) is 3. The Morgan fingerprint density at radius 2 is 2.04 bits per heavy atom. The number of nitriles is 1. The lowest BCUT2D eigenvalue weighted by atomic mass is 10.1. The molecule has 120 valence electrons. The molecule has 2 aromatic carbocycles. The zero-order chi connectivity index (χ0) is 16.9. The summed E-state index contributed by atoms with van der Waals surface area (Å²) in [5.74, 6) is 1.01. The molecule has 0 aliphatic heterocycles. The van der Waals surface area contributed by atoms with Crippen LogP contribution in [0.25, 0.3) is 0 Å². The Labute approximate surface area is 149 Å². The number of anilines is 1. The molecule has 0 atom stereocenters. The number of hydrogen-bond donors (Lipinski definition) is 1. The lowest BCUT2D eigenvalue weighted by Crippen LogP contribution is -2.03. The van der Waals surface area contributed by atoms with Crippen LogP contribution < -0.4 is 5.32 Å².